The van der Waals surface area contributed by atoms with E-state index in [0.29, 0.717) is 21.5 Å². The van der Waals surface area contributed by atoms with Crippen molar-refractivity contribution in [1.82, 2.24) is 0 Å². The fourth-order valence-electron chi connectivity index (χ4n) is 3.53. The molecular formula is C22H17F9O4S2. The van der Waals surface area contributed by atoms with Crippen LogP contribution in [0.25, 0.3) is 21.5 Å². The topological polar surface area (TPSA) is 60.4 Å². The van der Waals surface area contributed by atoms with Gasteiger partial charge in [0.25, 0.3) is 0 Å². The Labute approximate surface area is 206 Å². The lowest BCUT2D eigenvalue weighted by Gasteiger charge is -2.36. The minimum Gasteiger partial charge on any atom is -0.293 e. The van der Waals surface area contributed by atoms with Gasteiger partial charge in [0.05, 0.1) is 5.75 Å². The van der Waals surface area contributed by atoms with E-state index in [1.165, 1.54) is 0 Å². The molecule has 0 aliphatic rings. The highest BCUT2D eigenvalue weighted by Crippen LogP contribution is 2.57. The Bertz CT molecular complexity index is 1410. The molecule has 0 spiro atoms. The molecule has 3 rings (SSSR count). The molecule has 15 heteroatoms. The highest BCUT2D eigenvalue weighted by Gasteiger charge is 2.86. The molecule has 0 atom stereocenters. The van der Waals surface area contributed by atoms with Crippen LogP contribution in [0, 0.1) is 0 Å². The number of carbonyl (C=O) groups is 1. The van der Waals surface area contributed by atoms with Gasteiger partial charge in [-0.1, -0.05) is 48.5 Å². The molecule has 0 aliphatic heterocycles. The van der Waals surface area contributed by atoms with E-state index >= 15 is 0 Å². The van der Waals surface area contributed by atoms with Gasteiger partial charge in [0.2, 0.25) is 0 Å². The van der Waals surface area contributed by atoms with Gasteiger partial charge in [-0.2, -0.15) is 47.9 Å². The van der Waals surface area contributed by atoms with Crippen LogP contribution in [-0.2, 0) is 13.7 Å². The lowest BCUT2D eigenvalue weighted by molar-refractivity contribution is -0.382. The number of halogens is 9. The molecule has 37 heavy (non-hydrogen) atoms. The number of ketones is 1. The van der Waals surface area contributed by atoms with E-state index in [2.05, 4.69) is 3.63 Å². The van der Waals surface area contributed by atoms with Gasteiger partial charge in [-0.3, -0.25) is 4.79 Å². The fourth-order valence-corrected chi connectivity index (χ4v) is 7.22. The van der Waals surface area contributed by atoms with Gasteiger partial charge in [-0.15, -0.1) is 10.3 Å². The van der Waals surface area contributed by atoms with Crippen molar-refractivity contribution in [3.05, 3.63) is 60.2 Å². The fraction of sp³-hybridized carbons (Fsp3) is 0.318. The largest absolute Gasteiger partial charge is 0.460 e. The third-order valence-electron chi connectivity index (χ3n) is 5.23. The highest BCUT2D eigenvalue weighted by atomic mass is 32.3. The van der Waals surface area contributed by atoms with Crippen LogP contribution < -0.4 is 0 Å². The summed E-state index contributed by atoms with van der Waals surface area (Å²) >= 11 is 0. The molecule has 4 nitrogen and oxygen atoms in total. The van der Waals surface area contributed by atoms with Crippen molar-refractivity contribution in [3.8, 4) is 0 Å². The average molecular weight is 580 g/mol. The van der Waals surface area contributed by atoms with Gasteiger partial charge in [0, 0.05) is 5.56 Å². The molecule has 0 radical (unpaired) electrons. The van der Waals surface area contributed by atoms with E-state index in [4.69, 9.17) is 0 Å². The predicted octanol–water partition coefficient (Wildman–Crippen LogP) is 6.93. The molecule has 0 saturated carbocycles. The molecule has 3 aromatic carbocycles. The van der Waals surface area contributed by atoms with Gasteiger partial charge in [0.15, 0.2) is 5.78 Å². The summed E-state index contributed by atoms with van der Waals surface area (Å²) < 4.78 is 147. The molecule has 0 fully saturated rings. The molecule has 3 aromatic rings. The normalized spacial score (nSPS) is 14.8. The summed E-state index contributed by atoms with van der Waals surface area (Å²) in [6.45, 7) is 0. The van der Waals surface area contributed by atoms with Crippen LogP contribution in [0.2, 0.25) is 0 Å². The number of Topliss-reactive ketones (excluding diaryl/α,β-unsaturated/α-hetero) is 1. The van der Waals surface area contributed by atoms with E-state index in [-0.39, 0.29) is 5.56 Å². The first kappa shape index (κ1) is 29.0. The lowest BCUT2D eigenvalue weighted by Crippen LogP contribution is -2.63. The zero-order chi connectivity index (χ0) is 28.2. The standard InChI is InChI=1S/C22H17F9O4S2/c1-36(2,35-37(33,34)22(30,31)20(25,26)19(23,24)21(27,28)29)12-17(32)18-15-9-5-3-7-13(15)11-14-8-4-6-10-16(14)18/h3-11H,12H2,1-2H3. The van der Waals surface area contributed by atoms with Gasteiger partial charge in [-0.05, 0) is 40.1 Å². The van der Waals surface area contributed by atoms with E-state index in [9.17, 15) is 52.7 Å². The van der Waals surface area contributed by atoms with E-state index in [0.717, 1.165) is 12.5 Å². The van der Waals surface area contributed by atoms with E-state index < -0.39 is 55.2 Å². The summed E-state index contributed by atoms with van der Waals surface area (Å²) in [5.41, 5.74) is 0.0240. The zero-order valence-corrected chi connectivity index (χ0v) is 20.4. The van der Waals surface area contributed by atoms with Crippen molar-refractivity contribution in [2.45, 2.75) is 23.3 Å². The summed E-state index contributed by atoms with van der Waals surface area (Å²) in [6.07, 6.45) is -5.64. The minimum atomic E-state index is -7.43. The number of carbonyl (C=O) groups excluding carboxylic acids is 1. The summed E-state index contributed by atoms with van der Waals surface area (Å²) in [4.78, 5) is 13.3. The zero-order valence-electron chi connectivity index (χ0n) is 18.8. The van der Waals surface area contributed by atoms with Gasteiger partial charge in [-0.25, -0.2) is 3.63 Å². The number of hydrogen-bond acceptors (Lipinski definition) is 4. The van der Waals surface area contributed by atoms with Crippen molar-refractivity contribution in [2.75, 3.05) is 18.3 Å². The number of rotatable bonds is 8. The molecule has 0 unspecified atom stereocenters. The Hall–Kier alpha value is -2.52. The number of fused-ring (bicyclic) bond motifs is 2. The number of benzene rings is 3. The highest BCUT2D eigenvalue weighted by molar-refractivity contribution is 8.32. The maximum absolute atomic E-state index is 14.1. The summed E-state index contributed by atoms with van der Waals surface area (Å²) in [6, 6.07) is 14.6. The van der Waals surface area contributed by atoms with Crippen LogP contribution in [0.1, 0.15) is 10.4 Å². The Morgan fingerprint density at radius 1 is 0.757 bits per heavy atom. The molecule has 0 heterocycles. The second-order valence-electron chi connectivity index (χ2n) is 8.38. The first-order valence-corrected chi connectivity index (χ1v) is 13.9. The average Bonchev–Trinajstić information content (AvgIpc) is 2.74. The minimum absolute atomic E-state index is 0.0240. The monoisotopic (exact) mass is 580 g/mol. The summed E-state index contributed by atoms with van der Waals surface area (Å²) in [7, 11) is -10.7. The van der Waals surface area contributed by atoms with Crippen molar-refractivity contribution in [1.29, 1.82) is 0 Å². The summed E-state index contributed by atoms with van der Waals surface area (Å²) in [5, 5.41) is -5.09. The van der Waals surface area contributed by atoms with Crippen LogP contribution in [-0.4, -0.2) is 55.7 Å². The van der Waals surface area contributed by atoms with Gasteiger partial charge >= 0.3 is 33.4 Å². The van der Waals surface area contributed by atoms with Crippen molar-refractivity contribution >= 4 is 47.8 Å². The molecule has 0 bridgehead atoms. The van der Waals surface area contributed by atoms with Crippen LogP contribution in [0.4, 0.5) is 39.5 Å². The third-order valence-corrected chi connectivity index (χ3v) is 9.26. The van der Waals surface area contributed by atoms with Crippen LogP contribution in [0.15, 0.2) is 54.6 Å². The Morgan fingerprint density at radius 3 is 1.62 bits per heavy atom. The van der Waals surface area contributed by atoms with Gasteiger partial charge in [0.1, 0.15) is 0 Å². The maximum atomic E-state index is 14.1. The van der Waals surface area contributed by atoms with E-state index in [1.807, 2.05) is 0 Å². The van der Waals surface area contributed by atoms with Crippen molar-refractivity contribution in [3.63, 3.8) is 0 Å². The predicted molar refractivity (Wildman–Crippen MR) is 121 cm³/mol. The molecule has 204 valence electrons. The molecule has 0 aliphatic carbocycles. The second kappa shape index (κ2) is 9.05. The van der Waals surface area contributed by atoms with Crippen LogP contribution in [0.5, 0.6) is 0 Å². The molecule has 0 N–H and O–H groups in total. The molecule has 0 saturated heterocycles. The number of alkyl halides is 9. The first-order chi connectivity index (χ1) is 16.7. The smallest absolute Gasteiger partial charge is 0.293 e. The maximum Gasteiger partial charge on any atom is 0.460 e. The Morgan fingerprint density at radius 2 is 1.19 bits per heavy atom. The second-order valence-corrected chi connectivity index (χ2v) is 13.5. The van der Waals surface area contributed by atoms with Gasteiger partial charge < -0.3 is 0 Å². The Kier molecular flexibility index (Phi) is 7.10. The lowest BCUT2D eigenvalue weighted by atomic mass is 9.95. The van der Waals surface area contributed by atoms with Crippen molar-refractivity contribution < 1.29 is 56.4 Å². The molecule has 0 aromatic heterocycles. The molecular weight excluding hydrogens is 563 g/mol. The van der Waals surface area contributed by atoms with Crippen molar-refractivity contribution in [2.24, 2.45) is 0 Å². The van der Waals surface area contributed by atoms with Crippen LogP contribution in [0.3, 0.4) is 0 Å². The van der Waals surface area contributed by atoms with Crippen LogP contribution >= 0.6 is 10.3 Å². The summed E-state index contributed by atoms with van der Waals surface area (Å²) in [5.74, 6) is -16.7. The first-order valence-electron chi connectivity index (χ1n) is 9.97. The quantitative estimate of drug-likeness (QED) is 0.165. The molecule has 0 amide bonds. The van der Waals surface area contributed by atoms with E-state index in [1.54, 1.807) is 54.6 Å². The SMILES string of the molecule is CS(C)(CC(=O)c1c2ccccc2cc2ccccc12)OS(=O)(=O)C(F)(F)C(F)(F)C(F)(F)C(F)(F)F. The third kappa shape index (κ3) is 4.88. The number of hydrogen-bond donors (Lipinski definition) is 0. The Balaban J connectivity index is 2.00.